The second kappa shape index (κ2) is 3.46. The predicted molar refractivity (Wildman–Crippen MR) is 64.5 cm³/mol. The van der Waals surface area contributed by atoms with Crippen LogP contribution in [0.3, 0.4) is 0 Å². The maximum atomic E-state index is 6.10. The van der Waals surface area contributed by atoms with Gasteiger partial charge in [-0.05, 0) is 42.3 Å². The summed E-state index contributed by atoms with van der Waals surface area (Å²) in [6, 6.07) is 4.17. The molecule has 0 bridgehead atoms. The van der Waals surface area contributed by atoms with Crippen molar-refractivity contribution in [1.82, 2.24) is 10.3 Å². The summed E-state index contributed by atoms with van der Waals surface area (Å²) in [4.78, 5) is 4.47. The minimum atomic E-state index is -0.127. The largest absolute Gasteiger partial charge is 0.387 e. The molecule has 1 aliphatic carbocycles. The Labute approximate surface area is 95.1 Å². The molecule has 1 aromatic rings. The van der Waals surface area contributed by atoms with Gasteiger partial charge in [-0.3, -0.25) is 4.98 Å². The van der Waals surface area contributed by atoms with E-state index in [0.717, 1.165) is 25.1 Å². The van der Waals surface area contributed by atoms with Crippen LogP contribution in [-0.4, -0.2) is 11.5 Å². The van der Waals surface area contributed by atoms with Gasteiger partial charge in [-0.15, -0.1) is 0 Å². The highest BCUT2D eigenvalue weighted by molar-refractivity contribution is 5.69. The number of hydrogen-bond acceptors (Lipinski definition) is 3. The lowest BCUT2D eigenvalue weighted by molar-refractivity contribution is 0.707. The lowest BCUT2D eigenvalue weighted by Gasteiger charge is -2.12. The molecular formula is C13H15N3. The molecule has 2 aliphatic rings. The molecule has 0 amide bonds. The van der Waals surface area contributed by atoms with Gasteiger partial charge in [-0.1, -0.05) is 12.1 Å². The third-order valence-electron chi connectivity index (χ3n) is 3.24. The number of nitrogens with one attached hydrogen (secondary N) is 1. The van der Waals surface area contributed by atoms with Crippen LogP contribution in [0.5, 0.6) is 0 Å². The Morgan fingerprint density at radius 3 is 2.75 bits per heavy atom. The zero-order valence-electron chi connectivity index (χ0n) is 9.11. The number of allylic oxidation sites excluding steroid dienone is 2. The van der Waals surface area contributed by atoms with Gasteiger partial charge in [0.2, 0.25) is 0 Å². The zero-order valence-corrected chi connectivity index (χ0v) is 9.11. The Hall–Kier alpha value is -1.61. The lowest BCUT2D eigenvalue weighted by Crippen LogP contribution is -2.20. The molecule has 3 nitrogen and oxygen atoms in total. The molecule has 3 rings (SSSR count). The van der Waals surface area contributed by atoms with Crippen LogP contribution < -0.4 is 11.1 Å². The van der Waals surface area contributed by atoms with Crippen LogP contribution in [0, 0.1) is 0 Å². The average Bonchev–Trinajstić information content (AvgIpc) is 3.10. The quantitative estimate of drug-likeness (QED) is 0.783. The van der Waals surface area contributed by atoms with E-state index in [1.54, 1.807) is 0 Å². The minimum absolute atomic E-state index is 0.127. The monoisotopic (exact) mass is 213 g/mol. The van der Waals surface area contributed by atoms with Crippen LogP contribution in [0.15, 0.2) is 36.7 Å². The second-order valence-corrected chi connectivity index (χ2v) is 4.52. The molecule has 0 atom stereocenters. The normalized spacial score (nSPS) is 21.2. The molecule has 0 saturated heterocycles. The van der Waals surface area contributed by atoms with Gasteiger partial charge in [0, 0.05) is 12.7 Å². The Kier molecular flexibility index (Phi) is 2.07. The highest BCUT2D eigenvalue weighted by Gasteiger charge is 2.41. The zero-order chi connectivity index (χ0) is 11.0. The van der Waals surface area contributed by atoms with E-state index in [4.69, 9.17) is 5.73 Å². The van der Waals surface area contributed by atoms with E-state index >= 15 is 0 Å². The van der Waals surface area contributed by atoms with Gasteiger partial charge in [0.05, 0.1) is 11.2 Å². The number of nitrogens with zero attached hydrogens (tertiary/aromatic N) is 1. The van der Waals surface area contributed by atoms with Crippen molar-refractivity contribution in [2.75, 3.05) is 6.54 Å². The van der Waals surface area contributed by atoms with Crippen LogP contribution in [0.1, 0.15) is 24.1 Å². The maximum Gasteiger partial charge on any atom is 0.0602 e. The van der Waals surface area contributed by atoms with Crippen LogP contribution in [0.2, 0.25) is 0 Å². The summed E-state index contributed by atoms with van der Waals surface area (Å²) in [5.74, 6) is 0. The number of pyridine rings is 1. The van der Waals surface area contributed by atoms with E-state index in [2.05, 4.69) is 28.5 Å². The molecule has 0 aromatic carbocycles. The summed E-state index contributed by atoms with van der Waals surface area (Å²) in [7, 11) is 0. The van der Waals surface area contributed by atoms with Gasteiger partial charge >= 0.3 is 0 Å². The first-order valence-corrected chi connectivity index (χ1v) is 5.63. The van der Waals surface area contributed by atoms with Gasteiger partial charge in [-0.2, -0.15) is 0 Å². The fourth-order valence-electron chi connectivity index (χ4n) is 1.93. The van der Waals surface area contributed by atoms with Crippen LogP contribution in [-0.2, 0) is 5.54 Å². The number of rotatable bonds is 2. The molecule has 0 spiro atoms. The van der Waals surface area contributed by atoms with E-state index in [9.17, 15) is 0 Å². The van der Waals surface area contributed by atoms with Crippen LogP contribution >= 0.6 is 0 Å². The van der Waals surface area contributed by atoms with E-state index in [-0.39, 0.29) is 5.54 Å². The molecule has 1 fully saturated rings. The summed E-state index contributed by atoms with van der Waals surface area (Å²) in [5, 5.41) is 3.19. The molecule has 1 saturated carbocycles. The van der Waals surface area contributed by atoms with Crippen molar-refractivity contribution in [3.05, 3.63) is 47.9 Å². The van der Waals surface area contributed by atoms with Crippen molar-refractivity contribution in [1.29, 1.82) is 0 Å². The van der Waals surface area contributed by atoms with E-state index in [0.29, 0.717) is 0 Å². The number of dihydropyridines is 1. The molecule has 0 radical (unpaired) electrons. The lowest BCUT2D eigenvalue weighted by atomic mass is 10.0. The first-order valence-electron chi connectivity index (χ1n) is 5.63. The Morgan fingerprint density at radius 2 is 2.19 bits per heavy atom. The molecule has 2 heterocycles. The van der Waals surface area contributed by atoms with E-state index in [1.165, 1.54) is 11.1 Å². The van der Waals surface area contributed by atoms with Crippen molar-refractivity contribution in [2.24, 2.45) is 5.73 Å². The Morgan fingerprint density at radius 1 is 1.31 bits per heavy atom. The van der Waals surface area contributed by atoms with Gasteiger partial charge < -0.3 is 11.1 Å². The SMILES string of the molecule is NC1(c2ccc(C3=CC=CNC3)cn2)CC1. The number of aromatic nitrogens is 1. The molecule has 3 N–H and O–H groups in total. The summed E-state index contributed by atoms with van der Waals surface area (Å²) in [5.41, 5.74) is 9.43. The smallest absolute Gasteiger partial charge is 0.0602 e. The fraction of sp³-hybridized carbons (Fsp3) is 0.308. The van der Waals surface area contributed by atoms with E-state index < -0.39 is 0 Å². The van der Waals surface area contributed by atoms with E-state index in [1.807, 2.05) is 18.5 Å². The first-order chi connectivity index (χ1) is 7.78. The standard InChI is InChI=1S/C13H15N3/c14-13(5-6-13)12-4-3-11(9-16-12)10-2-1-7-15-8-10/h1-4,7,9,15H,5-6,8,14H2. The van der Waals surface area contributed by atoms with Crippen molar-refractivity contribution in [3.8, 4) is 0 Å². The third kappa shape index (κ3) is 1.63. The maximum absolute atomic E-state index is 6.10. The van der Waals surface area contributed by atoms with Gasteiger partial charge in [-0.25, -0.2) is 0 Å². The average molecular weight is 213 g/mol. The fourth-order valence-corrected chi connectivity index (χ4v) is 1.93. The molecule has 1 aromatic heterocycles. The predicted octanol–water partition coefficient (Wildman–Crippen LogP) is 1.53. The first kappa shape index (κ1) is 9.60. The van der Waals surface area contributed by atoms with Gasteiger partial charge in [0.15, 0.2) is 0 Å². The van der Waals surface area contributed by atoms with Crippen LogP contribution in [0.25, 0.3) is 5.57 Å². The molecule has 0 unspecified atom stereocenters. The Balaban J connectivity index is 1.87. The summed E-state index contributed by atoms with van der Waals surface area (Å²) in [6.07, 6.45) is 10.1. The molecule has 82 valence electrons. The molecular weight excluding hydrogens is 198 g/mol. The van der Waals surface area contributed by atoms with Crippen molar-refractivity contribution >= 4 is 5.57 Å². The van der Waals surface area contributed by atoms with Crippen LogP contribution in [0.4, 0.5) is 0 Å². The van der Waals surface area contributed by atoms with Crippen molar-refractivity contribution in [2.45, 2.75) is 18.4 Å². The minimum Gasteiger partial charge on any atom is -0.387 e. The van der Waals surface area contributed by atoms with Crippen molar-refractivity contribution < 1.29 is 0 Å². The molecule has 3 heteroatoms. The molecule has 1 aliphatic heterocycles. The summed E-state index contributed by atoms with van der Waals surface area (Å²) >= 11 is 0. The third-order valence-corrected chi connectivity index (χ3v) is 3.24. The number of hydrogen-bond donors (Lipinski definition) is 2. The highest BCUT2D eigenvalue weighted by Crippen LogP contribution is 2.41. The highest BCUT2D eigenvalue weighted by atomic mass is 14.9. The van der Waals surface area contributed by atoms with Gasteiger partial charge in [0.1, 0.15) is 0 Å². The topological polar surface area (TPSA) is 50.9 Å². The molecule has 16 heavy (non-hydrogen) atoms. The number of nitrogens with two attached hydrogens (primary N) is 1. The second-order valence-electron chi connectivity index (χ2n) is 4.52. The summed E-state index contributed by atoms with van der Waals surface area (Å²) < 4.78 is 0. The van der Waals surface area contributed by atoms with Crippen molar-refractivity contribution in [3.63, 3.8) is 0 Å². The van der Waals surface area contributed by atoms with Gasteiger partial charge in [0.25, 0.3) is 0 Å². The summed E-state index contributed by atoms with van der Waals surface area (Å²) in [6.45, 7) is 0.866. The Bertz CT molecular complexity index is 453.